The van der Waals surface area contributed by atoms with Crippen molar-refractivity contribution < 1.29 is 0 Å². The van der Waals surface area contributed by atoms with Crippen molar-refractivity contribution in [2.45, 2.75) is 38.4 Å². The third-order valence-electron chi connectivity index (χ3n) is 1.39. The van der Waals surface area contributed by atoms with E-state index < -0.39 is 0 Å². The molecule has 0 amide bonds. The maximum absolute atomic E-state index is 6.82. The van der Waals surface area contributed by atoms with Gasteiger partial charge in [0, 0.05) is 5.25 Å². The second-order valence-corrected chi connectivity index (χ2v) is 3.80. The van der Waals surface area contributed by atoms with E-state index in [1.165, 1.54) is 6.21 Å². The molecule has 0 radical (unpaired) electrons. The zero-order valence-electron chi connectivity index (χ0n) is 6.80. The van der Waals surface area contributed by atoms with Crippen molar-refractivity contribution in [3.8, 4) is 0 Å². The van der Waals surface area contributed by atoms with Crippen LogP contribution in [0.1, 0.15) is 33.1 Å². The van der Waals surface area contributed by atoms with E-state index in [0.717, 1.165) is 25.2 Å². The third kappa shape index (κ3) is 6.14. The fraction of sp³-hybridized carbons (Fsp3) is 0.875. The molecule has 60 valence electrons. The molecule has 0 aromatic rings. The summed E-state index contributed by atoms with van der Waals surface area (Å²) in [5.74, 6) is 0.730. The van der Waals surface area contributed by atoms with Crippen molar-refractivity contribution in [1.29, 1.82) is 5.41 Å². The van der Waals surface area contributed by atoms with Crippen molar-refractivity contribution >= 4 is 18.8 Å². The van der Waals surface area contributed by atoms with Gasteiger partial charge < -0.3 is 5.41 Å². The minimum atomic E-state index is 0.488. The summed E-state index contributed by atoms with van der Waals surface area (Å²) in [5.41, 5.74) is 0. The summed E-state index contributed by atoms with van der Waals surface area (Å²) in [7, 11) is 0. The summed E-state index contributed by atoms with van der Waals surface area (Å²) in [5, 5.41) is 7.31. The zero-order valence-corrected chi connectivity index (χ0v) is 7.70. The van der Waals surface area contributed by atoms with Crippen LogP contribution in [0, 0.1) is 11.3 Å². The van der Waals surface area contributed by atoms with Gasteiger partial charge in [-0.05, 0) is 31.4 Å². The average Bonchev–Trinajstić information content (AvgIpc) is 1.82. The number of hydrogen-bond donors (Lipinski definition) is 2. The van der Waals surface area contributed by atoms with E-state index >= 15 is 0 Å². The summed E-state index contributed by atoms with van der Waals surface area (Å²) in [6, 6.07) is 0. The fourth-order valence-electron chi connectivity index (χ4n) is 0.938. The maximum atomic E-state index is 6.82. The summed E-state index contributed by atoms with van der Waals surface area (Å²) in [6.45, 7) is 4.40. The Morgan fingerprint density at radius 2 is 2.10 bits per heavy atom. The molecule has 0 fully saturated rings. The molecule has 1 atom stereocenters. The van der Waals surface area contributed by atoms with Crippen molar-refractivity contribution in [2.24, 2.45) is 5.92 Å². The minimum Gasteiger partial charge on any atom is -0.313 e. The summed E-state index contributed by atoms with van der Waals surface area (Å²) >= 11 is 4.40. The molecule has 1 nitrogen and oxygen atoms in total. The highest BCUT2D eigenvalue weighted by Crippen LogP contribution is 2.14. The molecular formula is C8H17NS. The quantitative estimate of drug-likeness (QED) is 0.455. The summed E-state index contributed by atoms with van der Waals surface area (Å²) < 4.78 is 0. The molecule has 0 bridgehead atoms. The van der Waals surface area contributed by atoms with Gasteiger partial charge >= 0.3 is 0 Å². The number of hydrogen-bond acceptors (Lipinski definition) is 2. The lowest BCUT2D eigenvalue weighted by Gasteiger charge is -2.10. The Labute approximate surface area is 69.1 Å². The maximum Gasteiger partial charge on any atom is 0.00227 e. The van der Waals surface area contributed by atoms with E-state index in [-0.39, 0.29) is 0 Å². The van der Waals surface area contributed by atoms with Crippen LogP contribution in [0.2, 0.25) is 0 Å². The van der Waals surface area contributed by atoms with Crippen LogP contribution >= 0.6 is 12.6 Å². The van der Waals surface area contributed by atoms with Gasteiger partial charge in [0.1, 0.15) is 0 Å². The highest BCUT2D eigenvalue weighted by atomic mass is 32.1. The SMILES string of the molecule is CC(C)CC(S)CCC=N. The van der Waals surface area contributed by atoms with Crippen LogP contribution in [0.15, 0.2) is 0 Å². The van der Waals surface area contributed by atoms with E-state index in [2.05, 4.69) is 26.5 Å². The van der Waals surface area contributed by atoms with Gasteiger partial charge in [-0.3, -0.25) is 0 Å². The fourth-order valence-corrected chi connectivity index (χ4v) is 1.51. The van der Waals surface area contributed by atoms with Gasteiger partial charge in [0.05, 0.1) is 0 Å². The highest BCUT2D eigenvalue weighted by molar-refractivity contribution is 7.80. The Morgan fingerprint density at radius 1 is 1.50 bits per heavy atom. The van der Waals surface area contributed by atoms with Gasteiger partial charge in [0.25, 0.3) is 0 Å². The molecule has 0 aromatic carbocycles. The van der Waals surface area contributed by atoms with Crippen LogP contribution in [-0.2, 0) is 0 Å². The molecule has 0 aliphatic heterocycles. The standard InChI is InChI=1S/C8H17NS/c1-7(2)6-8(10)4-3-5-9/h5,7-10H,3-4,6H2,1-2H3. The Morgan fingerprint density at radius 3 is 2.50 bits per heavy atom. The smallest absolute Gasteiger partial charge is 0.00227 e. The molecule has 0 spiro atoms. The van der Waals surface area contributed by atoms with Gasteiger partial charge in [-0.2, -0.15) is 12.6 Å². The van der Waals surface area contributed by atoms with E-state index in [0.29, 0.717) is 5.25 Å². The lowest BCUT2D eigenvalue weighted by molar-refractivity contribution is 0.557. The van der Waals surface area contributed by atoms with Gasteiger partial charge in [-0.1, -0.05) is 13.8 Å². The number of thiol groups is 1. The van der Waals surface area contributed by atoms with Gasteiger partial charge in [-0.15, -0.1) is 0 Å². The lowest BCUT2D eigenvalue weighted by Crippen LogP contribution is -2.03. The minimum absolute atomic E-state index is 0.488. The molecule has 0 heterocycles. The van der Waals surface area contributed by atoms with Crippen molar-refractivity contribution in [1.82, 2.24) is 0 Å². The normalized spacial score (nSPS) is 13.6. The molecule has 1 N–H and O–H groups in total. The first-order chi connectivity index (χ1) is 4.66. The van der Waals surface area contributed by atoms with Gasteiger partial charge in [-0.25, -0.2) is 0 Å². The highest BCUT2D eigenvalue weighted by Gasteiger charge is 2.03. The average molecular weight is 159 g/mol. The van der Waals surface area contributed by atoms with Crippen molar-refractivity contribution in [2.75, 3.05) is 0 Å². The third-order valence-corrected chi connectivity index (χ3v) is 1.86. The summed E-state index contributed by atoms with van der Waals surface area (Å²) in [6.07, 6.45) is 4.55. The Bertz CT molecular complexity index is 91.3. The Kier molecular flexibility index (Phi) is 5.79. The molecule has 0 aliphatic rings. The largest absolute Gasteiger partial charge is 0.313 e. The van der Waals surface area contributed by atoms with Crippen LogP contribution in [0.5, 0.6) is 0 Å². The first-order valence-corrected chi connectivity index (χ1v) is 4.35. The predicted octanol–water partition coefficient (Wildman–Crippen LogP) is 2.76. The summed E-state index contributed by atoms with van der Waals surface area (Å²) in [4.78, 5) is 0. The molecule has 0 aromatic heterocycles. The zero-order chi connectivity index (χ0) is 7.98. The first kappa shape index (κ1) is 10.0. The molecule has 0 saturated heterocycles. The Hall–Kier alpha value is 0.0200. The number of rotatable bonds is 5. The van der Waals surface area contributed by atoms with Crippen LogP contribution in [0.3, 0.4) is 0 Å². The molecular weight excluding hydrogens is 142 g/mol. The lowest BCUT2D eigenvalue weighted by atomic mass is 10.1. The van der Waals surface area contributed by atoms with E-state index in [1.54, 1.807) is 0 Å². The van der Waals surface area contributed by atoms with E-state index in [4.69, 9.17) is 5.41 Å². The van der Waals surface area contributed by atoms with Crippen LogP contribution < -0.4 is 0 Å². The molecule has 0 aliphatic carbocycles. The first-order valence-electron chi connectivity index (χ1n) is 3.83. The van der Waals surface area contributed by atoms with Crippen molar-refractivity contribution in [3.05, 3.63) is 0 Å². The second-order valence-electron chi connectivity index (χ2n) is 3.06. The van der Waals surface area contributed by atoms with Crippen molar-refractivity contribution in [3.63, 3.8) is 0 Å². The molecule has 0 rings (SSSR count). The van der Waals surface area contributed by atoms with Crippen LogP contribution in [0.4, 0.5) is 0 Å². The van der Waals surface area contributed by atoms with E-state index in [1.807, 2.05) is 0 Å². The Balaban J connectivity index is 3.24. The molecule has 1 unspecified atom stereocenters. The van der Waals surface area contributed by atoms with E-state index in [9.17, 15) is 0 Å². The van der Waals surface area contributed by atoms with Crippen LogP contribution in [-0.4, -0.2) is 11.5 Å². The predicted molar refractivity (Wildman–Crippen MR) is 50.2 cm³/mol. The van der Waals surface area contributed by atoms with Crippen LogP contribution in [0.25, 0.3) is 0 Å². The topological polar surface area (TPSA) is 23.9 Å². The van der Waals surface area contributed by atoms with Gasteiger partial charge in [0.15, 0.2) is 0 Å². The second kappa shape index (κ2) is 5.78. The monoisotopic (exact) mass is 159 g/mol. The molecule has 10 heavy (non-hydrogen) atoms. The molecule has 0 saturated carbocycles. The number of nitrogens with one attached hydrogen (secondary N) is 1. The molecule has 2 heteroatoms. The van der Waals surface area contributed by atoms with Gasteiger partial charge in [0.2, 0.25) is 0 Å².